The van der Waals surface area contributed by atoms with Crippen LogP contribution < -0.4 is 5.73 Å². The van der Waals surface area contributed by atoms with Gasteiger partial charge in [-0.3, -0.25) is 0 Å². The van der Waals surface area contributed by atoms with Crippen LogP contribution in [0, 0.1) is 0 Å². The molecule has 80 valence electrons. The van der Waals surface area contributed by atoms with E-state index in [0.717, 1.165) is 25.3 Å². The van der Waals surface area contributed by atoms with Crippen molar-refractivity contribution in [2.45, 2.75) is 32.9 Å². The van der Waals surface area contributed by atoms with Gasteiger partial charge in [-0.05, 0) is 13.3 Å². The Kier molecular flexibility index (Phi) is 4.55. The topological polar surface area (TPSA) is 66.0 Å². The van der Waals surface area contributed by atoms with E-state index < -0.39 is 0 Å². The summed E-state index contributed by atoms with van der Waals surface area (Å²) in [6, 6.07) is -0.00385. The first-order chi connectivity index (χ1) is 6.77. The van der Waals surface area contributed by atoms with E-state index in [2.05, 4.69) is 10.3 Å². The van der Waals surface area contributed by atoms with Gasteiger partial charge in [-0.15, -0.1) is 5.10 Å². The first-order valence-electron chi connectivity index (χ1n) is 5.01. The fraction of sp³-hybridized carbons (Fsp3) is 0.778. The predicted molar refractivity (Wildman–Crippen MR) is 53.7 cm³/mol. The Hall–Kier alpha value is -0.940. The Balaban J connectivity index is 2.42. The van der Waals surface area contributed by atoms with Gasteiger partial charge in [-0.1, -0.05) is 12.1 Å². The number of ether oxygens (including phenoxy) is 1. The molecule has 0 aliphatic heterocycles. The molecule has 0 bridgehead atoms. The zero-order valence-electron chi connectivity index (χ0n) is 8.81. The van der Waals surface area contributed by atoms with E-state index in [1.165, 1.54) is 0 Å². The number of aromatic nitrogens is 3. The molecule has 0 amide bonds. The summed E-state index contributed by atoms with van der Waals surface area (Å²) in [6.45, 7) is 6.14. The maximum atomic E-state index is 5.82. The van der Waals surface area contributed by atoms with Crippen molar-refractivity contribution in [1.82, 2.24) is 15.0 Å². The van der Waals surface area contributed by atoms with Crippen LogP contribution in [0.5, 0.6) is 0 Å². The van der Waals surface area contributed by atoms with Crippen molar-refractivity contribution < 1.29 is 4.74 Å². The van der Waals surface area contributed by atoms with Gasteiger partial charge in [-0.2, -0.15) is 0 Å². The zero-order valence-corrected chi connectivity index (χ0v) is 8.81. The molecule has 1 heterocycles. The van der Waals surface area contributed by atoms with Crippen LogP contribution in [-0.2, 0) is 11.3 Å². The molecule has 0 fully saturated rings. The molecule has 0 radical (unpaired) electrons. The highest BCUT2D eigenvalue weighted by molar-refractivity contribution is 4.98. The van der Waals surface area contributed by atoms with Crippen LogP contribution in [-0.4, -0.2) is 28.2 Å². The molecule has 0 aliphatic carbocycles. The lowest BCUT2D eigenvalue weighted by Crippen LogP contribution is -2.09. The second kappa shape index (κ2) is 5.72. The Morgan fingerprint density at radius 2 is 2.36 bits per heavy atom. The van der Waals surface area contributed by atoms with Crippen LogP contribution in [0.25, 0.3) is 0 Å². The van der Waals surface area contributed by atoms with Gasteiger partial charge in [0.1, 0.15) is 0 Å². The molecule has 2 N–H and O–H groups in total. The summed E-state index contributed by atoms with van der Waals surface area (Å²) in [5, 5.41) is 7.96. The van der Waals surface area contributed by atoms with Gasteiger partial charge >= 0.3 is 0 Å². The number of nitrogens with zero attached hydrogens (tertiary/aromatic N) is 3. The first-order valence-corrected chi connectivity index (χ1v) is 5.01. The molecular formula is C9H18N4O. The van der Waals surface area contributed by atoms with Crippen LogP contribution in [0.1, 0.15) is 32.0 Å². The summed E-state index contributed by atoms with van der Waals surface area (Å²) in [5.41, 5.74) is 6.67. The molecule has 0 aromatic carbocycles. The molecule has 0 saturated carbocycles. The number of nitrogens with two attached hydrogens (primary N) is 1. The van der Waals surface area contributed by atoms with Gasteiger partial charge in [-0.25, -0.2) is 4.68 Å². The van der Waals surface area contributed by atoms with E-state index in [4.69, 9.17) is 10.5 Å². The van der Waals surface area contributed by atoms with Gasteiger partial charge in [0.05, 0.1) is 31.1 Å². The van der Waals surface area contributed by atoms with Crippen molar-refractivity contribution in [1.29, 1.82) is 0 Å². The number of hydrogen-bond donors (Lipinski definition) is 1. The lowest BCUT2D eigenvalue weighted by Gasteiger charge is -2.02. The normalized spacial score (nSPS) is 13.1. The van der Waals surface area contributed by atoms with E-state index >= 15 is 0 Å². The fourth-order valence-electron chi connectivity index (χ4n) is 1.10. The molecule has 0 aliphatic rings. The van der Waals surface area contributed by atoms with Crippen LogP contribution >= 0.6 is 0 Å². The van der Waals surface area contributed by atoms with E-state index in [1.54, 1.807) is 4.68 Å². The van der Waals surface area contributed by atoms with Gasteiger partial charge in [0.25, 0.3) is 0 Å². The summed E-state index contributed by atoms with van der Waals surface area (Å²) >= 11 is 0. The Morgan fingerprint density at radius 3 is 3.00 bits per heavy atom. The minimum atomic E-state index is -0.00385. The molecule has 1 rings (SSSR count). The molecule has 0 spiro atoms. The maximum absolute atomic E-state index is 5.82. The molecule has 1 unspecified atom stereocenters. The van der Waals surface area contributed by atoms with Crippen molar-refractivity contribution >= 4 is 0 Å². The highest BCUT2D eigenvalue weighted by Crippen LogP contribution is 2.08. The number of rotatable bonds is 6. The molecule has 0 saturated heterocycles. The fourth-order valence-corrected chi connectivity index (χ4v) is 1.10. The van der Waals surface area contributed by atoms with Crippen molar-refractivity contribution in [3.05, 3.63) is 11.9 Å². The summed E-state index contributed by atoms with van der Waals surface area (Å²) < 4.78 is 6.98. The third kappa shape index (κ3) is 3.08. The predicted octanol–water partition coefficient (Wildman–Crippen LogP) is 0.724. The lowest BCUT2D eigenvalue weighted by molar-refractivity contribution is 0.136. The summed E-state index contributed by atoms with van der Waals surface area (Å²) in [4.78, 5) is 0. The monoisotopic (exact) mass is 198 g/mol. The van der Waals surface area contributed by atoms with Crippen molar-refractivity contribution in [3.63, 3.8) is 0 Å². The third-order valence-corrected chi connectivity index (χ3v) is 2.04. The molecule has 5 heteroatoms. The van der Waals surface area contributed by atoms with Gasteiger partial charge in [0, 0.05) is 6.61 Å². The molecule has 1 atom stereocenters. The largest absolute Gasteiger partial charge is 0.380 e. The summed E-state index contributed by atoms with van der Waals surface area (Å²) in [5.74, 6) is 0. The SMILES string of the molecule is CCOCCn1cc(C(N)CC)nn1. The van der Waals surface area contributed by atoms with Gasteiger partial charge < -0.3 is 10.5 Å². The quantitative estimate of drug-likeness (QED) is 0.684. The van der Waals surface area contributed by atoms with Gasteiger partial charge in [0.15, 0.2) is 0 Å². The first kappa shape index (κ1) is 11.1. The van der Waals surface area contributed by atoms with Crippen LogP contribution in [0.2, 0.25) is 0 Å². The van der Waals surface area contributed by atoms with Crippen LogP contribution in [0.3, 0.4) is 0 Å². The second-order valence-corrected chi connectivity index (χ2v) is 3.12. The maximum Gasteiger partial charge on any atom is 0.0994 e. The highest BCUT2D eigenvalue weighted by atomic mass is 16.5. The van der Waals surface area contributed by atoms with Crippen molar-refractivity contribution in [3.8, 4) is 0 Å². The van der Waals surface area contributed by atoms with E-state index in [9.17, 15) is 0 Å². The van der Waals surface area contributed by atoms with E-state index in [0.29, 0.717) is 6.61 Å². The Morgan fingerprint density at radius 1 is 1.57 bits per heavy atom. The summed E-state index contributed by atoms with van der Waals surface area (Å²) in [6.07, 6.45) is 2.76. The van der Waals surface area contributed by atoms with Crippen LogP contribution in [0.15, 0.2) is 6.20 Å². The zero-order chi connectivity index (χ0) is 10.4. The van der Waals surface area contributed by atoms with Crippen molar-refractivity contribution in [2.75, 3.05) is 13.2 Å². The minimum absolute atomic E-state index is 0.00385. The molecule has 14 heavy (non-hydrogen) atoms. The Labute approximate surface area is 84.2 Å². The number of hydrogen-bond acceptors (Lipinski definition) is 4. The molecule has 1 aromatic rings. The molecule has 1 aromatic heterocycles. The van der Waals surface area contributed by atoms with Crippen LogP contribution in [0.4, 0.5) is 0 Å². The highest BCUT2D eigenvalue weighted by Gasteiger charge is 2.07. The Bertz CT molecular complexity index is 261. The molecular weight excluding hydrogens is 180 g/mol. The van der Waals surface area contributed by atoms with Gasteiger partial charge in [0.2, 0.25) is 0 Å². The smallest absolute Gasteiger partial charge is 0.0994 e. The third-order valence-electron chi connectivity index (χ3n) is 2.04. The average molecular weight is 198 g/mol. The summed E-state index contributed by atoms with van der Waals surface area (Å²) in [7, 11) is 0. The van der Waals surface area contributed by atoms with E-state index in [1.807, 2.05) is 20.0 Å². The second-order valence-electron chi connectivity index (χ2n) is 3.12. The molecule has 5 nitrogen and oxygen atoms in total. The van der Waals surface area contributed by atoms with E-state index in [-0.39, 0.29) is 6.04 Å². The standard InChI is InChI=1S/C9H18N4O/c1-3-8(10)9-7-13(12-11-9)5-6-14-4-2/h7-8H,3-6,10H2,1-2H3. The lowest BCUT2D eigenvalue weighted by atomic mass is 10.2. The average Bonchev–Trinajstić information content (AvgIpc) is 2.66. The van der Waals surface area contributed by atoms with Crippen molar-refractivity contribution in [2.24, 2.45) is 5.73 Å². The minimum Gasteiger partial charge on any atom is -0.380 e.